The van der Waals surface area contributed by atoms with Gasteiger partial charge in [-0.15, -0.1) is 0 Å². The number of benzene rings is 11. The highest BCUT2D eigenvalue weighted by Crippen LogP contribution is 2.46. The molecule has 0 aliphatic rings. The lowest BCUT2D eigenvalue weighted by Gasteiger charge is -2.19. The first-order valence-electron chi connectivity index (χ1n) is 22.9. The SMILES string of the molecule is c1ccc(-c2nc(-c3ccc(-c4ccc5c6ccccc6n(-c6ccccc6)c5c4)cc3)cc(-c3ccc(-c4c5ccccc5c(-c5ccccc5)c5c4ccc4ccccc45)cc3)n2)cc1. The van der Waals surface area contributed by atoms with Crippen LogP contribution in [0.2, 0.25) is 0 Å². The van der Waals surface area contributed by atoms with Crippen LogP contribution in [0, 0.1) is 0 Å². The van der Waals surface area contributed by atoms with Gasteiger partial charge < -0.3 is 4.57 Å². The maximum absolute atomic E-state index is 5.21. The highest BCUT2D eigenvalue weighted by Gasteiger charge is 2.20. The molecule has 0 saturated carbocycles. The highest BCUT2D eigenvalue weighted by molar-refractivity contribution is 6.28. The van der Waals surface area contributed by atoms with Crippen LogP contribution >= 0.6 is 0 Å². The molecule has 0 bridgehead atoms. The summed E-state index contributed by atoms with van der Waals surface area (Å²) >= 11 is 0. The molecule has 2 aromatic heterocycles. The molecule has 3 heteroatoms. The van der Waals surface area contributed by atoms with Gasteiger partial charge in [-0.25, -0.2) is 9.97 Å². The lowest BCUT2D eigenvalue weighted by molar-refractivity contribution is 1.18. The van der Waals surface area contributed by atoms with Crippen molar-refractivity contribution in [1.82, 2.24) is 14.5 Å². The van der Waals surface area contributed by atoms with E-state index in [9.17, 15) is 0 Å². The van der Waals surface area contributed by atoms with Crippen molar-refractivity contribution in [3.05, 3.63) is 249 Å². The molecule has 3 nitrogen and oxygen atoms in total. The largest absolute Gasteiger partial charge is 0.309 e. The Morgan fingerprint density at radius 1 is 0.269 bits per heavy atom. The third-order valence-electron chi connectivity index (χ3n) is 13.4. The number of fused-ring (bicyclic) bond motifs is 7. The van der Waals surface area contributed by atoms with Crippen LogP contribution in [-0.2, 0) is 0 Å². The average molecular weight is 852 g/mol. The minimum Gasteiger partial charge on any atom is -0.309 e. The Morgan fingerprint density at radius 2 is 0.746 bits per heavy atom. The zero-order chi connectivity index (χ0) is 44.3. The van der Waals surface area contributed by atoms with Crippen molar-refractivity contribution in [2.24, 2.45) is 0 Å². The summed E-state index contributed by atoms with van der Waals surface area (Å²) in [6, 6.07) is 89.4. The van der Waals surface area contributed by atoms with E-state index in [4.69, 9.17) is 9.97 Å². The van der Waals surface area contributed by atoms with Crippen LogP contribution < -0.4 is 0 Å². The van der Waals surface area contributed by atoms with E-state index in [-0.39, 0.29) is 0 Å². The summed E-state index contributed by atoms with van der Waals surface area (Å²) in [5.41, 5.74) is 15.5. The molecule has 13 rings (SSSR count). The van der Waals surface area contributed by atoms with Crippen molar-refractivity contribution in [3.63, 3.8) is 0 Å². The highest BCUT2D eigenvalue weighted by atomic mass is 15.0. The monoisotopic (exact) mass is 851 g/mol. The molecule has 0 unspecified atom stereocenters. The van der Waals surface area contributed by atoms with Crippen LogP contribution in [-0.4, -0.2) is 14.5 Å². The summed E-state index contributed by atoms with van der Waals surface area (Å²) < 4.78 is 2.37. The number of hydrogen-bond acceptors (Lipinski definition) is 2. The summed E-state index contributed by atoms with van der Waals surface area (Å²) in [5, 5.41) is 9.97. The van der Waals surface area contributed by atoms with Crippen molar-refractivity contribution in [1.29, 1.82) is 0 Å². The molecule has 11 aromatic carbocycles. The van der Waals surface area contributed by atoms with E-state index >= 15 is 0 Å². The number of aromatic nitrogens is 3. The molecule has 2 heterocycles. The summed E-state index contributed by atoms with van der Waals surface area (Å²) in [7, 11) is 0. The Morgan fingerprint density at radius 3 is 1.43 bits per heavy atom. The Labute approximate surface area is 388 Å². The third kappa shape index (κ3) is 6.59. The number of nitrogens with zero attached hydrogens (tertiary/aromatic N) is 3. The lowest BCUT2D eigenvalue weighted by atomic mass is 9.84. The summed E-state index contributed by atoms with van der Waals surface area (Å²) in [6.07, 6.45) is 0. The molecular formula is C64H41N3. The van der Waals surface area contributed by atoms with Gasteiger partial charge in [0.2, 0.25) is 0 Å². The third-order valence-corrected chi connectivity index (χ3v) is 13.4. The zero-order valence-corrected chi connectivity index (χ0v) is 36.5. The van der Waals surface area contributed by atoms with Gasteiger partial charge >= 0.3 is 0 Å². The molecule has 0 atom stereocenters. The first kappa shape index (κ1) is 38.5. The normalized spacial score (nSPS) is 11.6. The molecule has 67 heavy (non-hydrogen) atoms. The first-order chi connectivity index (χ1) is 33.2. The maximum atomic E-state index is 5.21. The fraction of sp³-hybridized carbons (Fsp3) is 0. The number of para-hydroxylation sites is 2. The minimum atomic E-state index is 0.695. The van der Waals surface area contributed by atoms with Gasteiger partial charge in [0, 0.05) is 33.2 Å². The van der Waals surface area contributed by atoms with Gasteiger partial charge in [-0.2, -0.15) is 0 Å². The van der Waals surface area contributed by atoms with Gasteiger partial charge in [0.25, 0.3) is 0 Å². The molecule has 0 aliphatic heterocycles. The number of hydrogen-bond donors (Lipinski definition) is 0. The quantitative estimate of drug-likeness (QED) is 0.118. The van der Waals surface area contributed by atoms with Gasteiger partial charge in [-0.05, 0) is 96.0 Å². The summed E-state index contributed by atoms with van der Waals surface area (Å²) in [4.78, 5) is 10.4. The van der Waals surface area contributed by atoms with Crippen molar-refractivity contribution in [2.45, 2.75) is 0 Å². The predicted octanol–water partition coefficient (Wildman–Crippen LogP) is 17.0. The fourth-order valence-corrected chi connectivity index (χ4v) is 10.3. The molecule has 0 N–H and O–H groups in total. The molecule has 0 aliphatic carbocycles. The van der Waals surface area contributed by atoms with E-state index in [2.05, 4.69) is 235 Å². The van der Waals surface area contributed by atoms with Crippen molar-refractivity contribution in [3.8, 4) is 73.0 Å². The maximum Gasteiger partial charge on any atom is 0.160 e. The van der Waals surface area contributed by atoms with Crippen LogP contribution in [0.1, 0.15) is 0 Å². The van der Waals surface area contributed by atoms with Gasteiger partial charge in [-0.1, -0.05) is 218 Å². The van der Waals surface area contributed by atoms with E-state index in [1.54, 1.807) is 0 Å². The predicted molar refractivity (Wildman–Crippen MR) is 282 cm³/mol. The standard InChI is InChI=1S/C64H41N3/c1-4-17-46(18-5-1)62-55-26-13-12-25-54(55)61(56-39-36-43-16-10-11-23-51(43)63(56)62)47-34-32-45(33-35-47)58-41-57(65-64(66-58)48-19-6-2-7-20-48)44-30-28-42(29-31-44)49-37-38-53-52-24-14-15-27-59(52)67(60(53)40-49)50-21-8-3-9-22-50/h1-41H. The lowest BCUT2D eigenvalue weighted by Crippen LogP contribution is -1.96. The molecule has 0 amide bonds. The van der Waals surface area contributed by atoms with E-state index in [1.807, 2.05) is 18.2 Å². The number of rotatable bonds is 7. The Hall–Kier alpha value is -8.92. The molecule has 13 aromatic rings. The fourth-order valence-electron chi connectivity index (χ4n) is 10.3. The van der Waals surface area contributed by atoms with Crippen LogP contribution in [0.3, 0.4) is 0 Å². The average Bonchev–Trinajstić information content (AvgIpc) is 3.74. The van der Waals surface area contributed by atoms with E-state index < -0.39 is 0 Å². The second-order valence-electron chi connectivity index (χ2n) is 17.3. The van der Waals surface area contributed by atoms with Crippen LogP contribution in [0.5, 0.6) is 0 Å². The van der Waals surface area contributed by atoms with E-state index in [0.717, 1.165) is 50.5 Å². The van der Waals surface area contributed by atoms with E-state index in [1.165, 1.54) is 70.8 Å². The van der Waals surface area contributed by atoms with E-state index in [0.29, 0.717) is 5.82 Å². The van der Waals surface area contributed by atoms with Crippen LogP contribution in [0.4, 0.5) is 0 Å². The first-order valence-corrected chi connectivity index (χ1v) is 22.9. The summed E-state index contributed by atoms with van der Waals surface area (Å²) in [6.45, 7) is 0. The second kappa shape index (κ2) is 16.0. The molecule has 0 spiro atoms. The van der Waals surface area contributed by atoms with Crippen molar-refractivity contribution >= 4 is 54.1 Å². The molecule has 0 radical (unpaired) electrons. The Bertz CT molecular complexity index is 3990. The van der Waals surface area contributed by atoms with Crippen molar-refractivity contribution < 1.29 is 0 Å². The topological polar surface area (TPSA) is 30.7 Å². The Balaban J connectivity index is 0.912. The second-order valence-corrected chi connectivity index (χ2v) is 17.3. The van der Waals surface area contributed by atoms with Gasteiger partial charge in [0.05, 0.1) is 22.4 Å². The van der Waals surface area contributed by atoms with Gasteiger partial charge in [-0.3, -0.25) is 0 Å². The molecule has 0 fully saturated rings. The van der Waals surface area contributed by atoms with Gasteiger partial charge in [0.15, 0.2) is 5.82 Å². The van der Waals surface area contributed by atoms with Crippen LogP contribution in [0.25, 0.3) is 127 Å². The van der Waals surface area contributed by atoms with Gasteiger partial charge in [0.1, 0.15) is 0 Å². The van der Waals surface area contributed by atoms with Crippen LogP contribution in [0.15, 0.2) is 249 Å². The molecule has 0 saturated heterocycles. The molecular weight excluding hydrogens is 811 g/mol. The molecule has 312 valence electrons. The Kier molecular flexibility index (Phi) is 9.17. The summed E-state index contributed by atoms with van der Waals surface area (Å²) in [5.74, 6) is 0.695. The smallest absolute Gasteiger partial charge is 0.160 e. The van der Waals surface area contributed by atoms with Crippen molar-refractivity contribution in [2.75, 3.05) is 0 Å². The zero-order valence-electron chi connectivity index (χ0n) is 36.5. The minimum absolute atomic E-state index is 0.695.